The summed E-state index contributed by atoms with van der Waals surface area (Å²) in [6.45, 7) is -0.479. The van der Waals surface area contributed by atoms with Gasteiger partial charge >= 0.3 is 5.69 Å². The van der Waals surface area contributed by atoms with Crippen molar-refractivity contribution in [2.45, 2.75) is 24.5 Å². The van der Waals surface area contributed by atoms with Gasteiger partial charge in [0.15, 0.2) is 6.23 Å². The van der Waals surface area contributed by atoms with Gasteiger partial charge in [0.05, 0.1) is 6.61 Å². The summed E-state index contributed by atoms with van der Waals surface area (Å²) in [6, 6.07) is 1.09. The number of aromatic amines is 1. The summed E-state index contributed by atoms with van der Waals surface area (Å²) in [5.41, 5.74) is -1.33. The molecule has 1 aromatic heterocycles. The molecule has 4 N–H and O–H groups in total. The number of nitrogens with one attached hydrogen (secondary N) is 1. The number of aliphatic hydroxyl groups is 3. The zero-order chi connectivity index (χ0) is 12.6. The number of hydrogen-bond acceptors (Lipinski definition) is 6. The molecule has 1 aliphatic rings. The first-order valence-corrected chi connectivity index (χ1v) is 4.98. The topological polar surface area (TPSA) is 125 Å². The Labute approximate surface area is 94.7 Å². The molecule has 17 heavy (non-hydrogen) atoms. The fourth-order valence-electron chi connectivity index (χ4n) is 1.74. The quantitative estimate of drug-likeness (QED) is 0.444. The van der Waals surface area contributed by atoms with Gasteiger partial charge in [0.1, 0.15) is 18.3 Å². The first kappa shape index (κ1) is 12.0. The smallest absolute Gasteiger partial charge is 0.330 e. The van der Waals surface area contributed by atoms with E-state index in [4.69, 9.17) is 9.84 Å². The molecule has 1 aromatic rings. The molecule has 2 unspecified atom stereocenters. The van der Waals surface area contributed by atoms with Crippen LogP contribution in [0.1, 0.15) is 6.23 Å². The van der Waals surface area contributed by atoms with Crippen LogP contribution in [0.25, 0.3) is 0 Å². The Bertz CT molecular complexity index is 509. The highest BCUT2D eigenvalue weighted by Crippen LogP contribution is 2.27. The highest BCUT2D eigenvalue weighted by molar-refractivity contribution is 4.92. The van der Waals surface area contributed by atoms with Crippen molar-refractivity contribution in [3.05, 3.63) is 33.1 Å². The van der Waals surface area contributed by atoms with Crippen molar-refractivity contribution in [3.8, 4) is 0 Å². The number of nitrogens with zero attached hydrogens (tertiary/aromatic N) is 1. The van der Waals surface area contributed by atoms with E-state index in [-0.39, 0.29) is 0 Å². The van der Waals surface area contributed by atoms with E-state index < -0.39 is 42.4 Å². The molecule has 94 valence electrons. The fourth-order valence-corrected chi connectivity index (χ4v) is 1.74. The molecule has 8 heteroatoms. The lowest BCUT2D eigenvalue weighted by molar-refractivity contribution is -0.0550. The first-order valence-electron chi connectivity index (χ1n) is 4.98. The van der Waals surface area contributed by atoms with Gasteiger partial charge in [-0.2, -0.15) is 0 Å². The van der Waals surface area contributed by atoms with Gasteiger partial charge in [0, 0.05) is 12.3 Å². The molecular formula is C9H12N2O6. The number of hydrogen-bond donors (Lipinski definition) is 4. The Kier molecular flexibility index (Phi) is 3.11. The Morgan fingerprint density at radius 1 is 1.35 bits per heavy atom. The van der Waals surface area contributed by atoms with Crippen molar-refractivity contribution in [3.63, 3.8) is 0 Å². The average Bonchev–Trinajstić information content (AvgIpc) is 2.57. The van der Waals surface area contributed by atoms with Crippen LogP contribution in [0.2, 0.25) is 0 Å². The van der Waals surface area contributed by atoms with Gasteiger partial charge in [0.25, 0.3) is 5.56 Å². The molecule has 0 spiro atoms. The van der Waals surface area contributed by atoms with Crippen LogP contribution >= 0.6 is 0 Å². The molecule has 0 saturated carbocycles. The summed E-state index contributed by atoms with van der Waals surface area (Å²) < 4.78 is 6.08. The average molecular weight is 244 g/mol. The molecule has 2 heterocycles. The third kappa shape index (κ3) is 2.03. The van der Waals surface area contributed by atoms with Crippen LogP contribution in [0.3, 0.4) is 0 Å². The molecule has 2 rings (SSSR count). The Hall–Kier alpha value is -1.48. The Morgan fingerprint density at radius 2 is 2.06 bits per heavy atom. The van der Waals surface area contributed by atoms with Crippen molar-refractivity contribution < 1.29 is 20.1 Å². The Morgan fingerprint density at radius 3 is 2.59 bits per heavy atom. The van der Waals surface area contributed by atoms with Gasteiger partial charge in [-0.1, -0.05) is 0 Å². The predicted octanol–water partition coefficient (Wildman–Crippen LogP) is -2.85. The second kappa shape index (κ2) is 4.41. The van der Waals surface area contributed by atoms with Crippen LogP contribution in [0, 0.1) is 0 Å². The lowest BCUT2D eigenvalue weighted by Crippen LogP contribution is -2.37. The van der Waals surface area contributed by atoms with Crippen molar-refractivity contribution in [1.82, 2.24) is 9.55 Å². The standard InChI is InChI=1S/C9H12N2O6/c12-3-4-6(14)7(15)8(17-4)11-2-1-5(13)10-9(11)16/h1-2,4,6-8,12,14-15H,3H2,(H,10,13,16)/t4-,6+,7?,8?/m0/s1. The zero-order valence-corrected chi connectivity index (χ0v) is 8.68. The van der Waals surface area contributed by atoms with E-state index in [2.05, 4.69) is 0 Å². The monoisotopic (exact) mass is 244 g/mol. The zero-order valence-electron chi connectivity index (χ0n) is 8.68. The molecule has 0 aromatic carbocycles. The minimum atomic E-state index is -1.35. The third-order valence-electron chi connectivity index (χ3n) is 2.64. The third-order valence-corrected chi connectivity index (χ3v) is 2.64. The largest absolute Gasteiger partial charge is 0.394 e. The van der Waals surface area contributed by atoms with Gasteiger partial charge in [-0.15, -0.1) is 0 Å². The van der Waals surface area contributed by atoms with Crippen LogP contribution in [0.5, 0.6) is 0 Å². The maximum atomic E-state index is 11.4. The van der Waals surface area contributed by atoms with E-state index in [0.717, 1.165) is 16.8 Å². The highest BCUT2D eigenvalue weighted by Gasteiger charge is 2.43. The summed E-state index contributed by atoms with van der Waals surface area (Å²) in [4.78, 5) is 24.3. The highest BCUT2D eigenvalue weighted by atomic mass is 16.6. The fraction of sp³-hybridized carbons (Fsp3) is 0.556. The van der Waals surface area contributed by atoms with Crippen molar-refractivity contribution >= 4 is 0 Å². The molecule has 8 nitrogen and oxygen atoms in total. The summed E-state index contributed by atoms with van der Waals surface area (Å²) in [7, 11) is 0. The van der Waals surface area contributed by atoms with Crippen molar-refractivity contribution in [1.29, 1.82) is 0 Å². The molecule has 0 aliphatic carbocycles. The molecule has 0 bridgehead atoms. The van der Waals surface area contributed by atoms with E-state index in [1.807, 2.05) is 4.98 Å². The van der Waals surface area contributed by atoms with Gasteiger partial charge in [-0.3, -0.25) is 14.3 Å². The lowest BCUT2D eigenvalue weighted by Gasteiger charge is -2.16. The van der Waals surface area contributed by atoms with E-state index in [9.17, 15) is 19.8 Å². The van der Waals surface area contributed by atoms with Crippen LogP contribution in [-0.4, -0.2) is 49.8 Å². The lowest BCUT2D eigenvalue weighted by atomic mass is 10.1. The van der Waals surface area contributed by atoms with E-state index in [1.54, 1.807) is 0 Å². The molecule has 1 saturated heterocycles. The second-order valence-electron chi connectivity index (χ2n) is 3.75. The van der Waals surface area contributed by atoms with Crippen LogP contribution < -0.4 is 11.2 Å². The van der Waals surface area contributed by atoms with Crippen LogP contribution in [0.15, 0.2) is 21.9 Å². The number of H-pyrrole nitrogens is 1. The predicted molar refractivity (Wildman–Crippen MR) is 54.3 cm³/mol. The van der Waals surface area contributed by atoms with Crippen molar-refractivity contribution in [2.75, 3.05) is 6.61 Å². The number of ether oxygens (including phenoxy) is 1. The maximum Gasteiger partial charge on any atom is 0.330 e. The number of aliphatic hydroxyl groups excluding tert-OH is 3. The van der Waals surface area contributed by atoms with E-state index in [0.29, 0.717) is 0 Å². The molecule has 0 amide bonds. The molecule has 0 radical (unpaired) electrons. The first-order chi connectivity index (χ1) is 8.04. The molecule has 4 atom stereocenters. The summed E-state index contributed by atoms with van der Waals surface area (Å²) in [6.07, 6.45) is -3.58. The molecular weight excluding hydrogens is 232 g/mol. The maximum absolute atomic E-state index is 11.4. The number of rotatable bonds is 2. The van der Waals surface area contributed by atoms with Crippen LogP contribution in [-0.2, 0) is 4.74 Å². The normalized spacial score (nSPS) is 32.9. The Balaban J connectivity index is 2.35. The summed E-state index contributed by atoms with van der Waals surface area (Å²) in [5, 5.41) is 28.1. The minimum Gasteiger partial charge on any atom is -0.394 e. The van der Waals surface area contributed by atoms with Crippen LogP contribution in [0.4, 0.5) is 0 Å². The van der Waals surface area contributed by atoms with Gasteiger partial charge in [-0.25, -0.2) is 4.79 Å². The van der Waals surface area contributed by atoms with Gasteiger partial charge < -0.3 is 20.1 Å². The second-order valence-corrected chi connectivity index (χ2v) is 3.75. The van der Waals surface area contributed by atoms with Crippen molar-refractivity contribution in [2.24, 2.45) is 0 Å². The van der Waals surface area contributed by atoms with Gasteiger partial charge in [-0.05, 0) is 0 Å². The van der Waals surface area contributed by atoms with E-state index >= 15 is 0 Å². The summed E-state index contributed by atoms with van der Waals surface area (Å²) >= 11 is 0. The molecule has 1 aliphatic heterocycles. The summed E-state index contributed by atoms with van der Waals surface area (Å²) in [5.74, 6) is 0. The van der Waals surface area contributed by atoms with Gasteiger partial charge in [0.2, 0.25) is 0 Å². The SMILES string of the molecule is O=c1ccn(C2O[C@@H](CO)[C@@H](O)C2O)c(=O)[nH]1. The minimum absolute atomic E-state index is 0.479. The number of aromatic nitrogens is 2. The molecule has 1 fully saturated rings. The van der Waals surface area contributed by atoms with E-state index in [1.165, 1.54) is 0 Å².